The second-order valence-corrected chi connectivity index (χ2v) is 4.52. The smallest absolute Gasteiger partial charge is 0.257 e. The number of rotatable bonds is 3. The molecule has 1 aromatic carbocycles. The molecule has 2 N–H and O–H groups in total. The Morgan fingerprint density at radius 3 is 2.69 bits per heavy atom. The fraction of sp³-hybridized carbons (Fsp3) is 0.364. The van der Waals surface area contributed by atoms with E-state index < -0.39 is 0 Å². The first-order valence-electron chi connectivity index (χ1n) is 4.84. The van der Waals surface area contributed by atoms with Gasteiger partial charge < -0.3 is 15.1 Å². The van der Waals surface area contributed by atoms with Gasteiger partial charge in [-0.3, -0.25) is 4.79 Å². The van der Waals surface area contributed by atoms with Gasteiger partial charge in [0, 0.05) is 11.5 Å². The van der Waals surface area contributed by atoms with Gasteiger partial charge >= 0.3 is 0 Å². The summed E-state index contributed by atoms with van der Waals surface area (Å²) in [5.41, 5.74) is 0.228. The predicted octanol–water partition coefficient (Wildman–Crippen LogP) is 1.61. The number of phenols is 1. The average Bonchev–Trinajstić information content (AvgIpc) is 2.26. The molecule has 0 fully saturated rings. The van der Waals surface area contributed by atoms with Crippen LogP contribution in [0.15, 0.2) is 22.7 Å². The van der Waals surface area contributed by atoms with E-state index in [-0.39, 0.29) is 29.9 Å². The van der Waals surface area contributed by atoms with E-state index in [1.54, 1.807) is 26.1 Å². The van der Waals surface area contributed by atoms with Crippen molar-refractivity contribution in [2.75, 3.05) is 13.7 Å². The number of aliphatic hydroxyl groups is 1. The van der Waals surface area contributed by atoms with E-state index in [0.29, 0.717) is 4.47 Å². The van der Waals surface area contributed by atoms with E-state index in [1.165, 1.54) is 11.0 Å². The number of nitrogens with zero attached hydrogens (tertiary/aromatic N) is 1. The fourth-order valence-electron chi connectivity index (χ4n) is 1.20. The summed E-state index contributed by atoms with van der Waals surface area (Å²) >= 11 is 3.20. The highest BCUT2D eigenvalue weighted by molar-refractivity contribution is 9.10. The molecule has 0 saturated carbocycles. The number of phenolic OH excluding ortho intramolecular Hbond substituents is 1. The van der Waals surface area contributed by atoms with Crippen LogP contribution in [0, 0.1) is 0 Å². The zero-order chi connectivity index (χ0) is 12.3. The minimum absolute atomic E-state index is 0.0728. The van der Waals surface area contributed by atoms with Gasteiger partial charge in [-0.25, -0.2) is 0 Å². The molecule has 0 aromatic heterocycles. The SMILES string of the molecule is CC(CO)N(C)C(=O)c1ccc(Br)cc1O. The maximum atomic E-state index is 11.9. The third-order valence-electron chi connectivity index (χ3n) is 2.44. The lowest BCUT2D eigenvalue weighted by Gasteiger charge is -2.23. The number of benzene rings is 1. The lowest BCUT2D eigenvalue weighted by Crippen LogP contribution is -2.37. The third kappa shape index (κ3) is 2.74. The number of hydrogen-bond acceptors (Lipinski definition) is 3. The molecule has 0 spiro atoms. The van der Waals surface area contributed by atoms with Crippen LogP contribution in [0.2, 0.25) is 0 Å². The molecule has 0 aliphatic heterocycles. The van der Waals surface area contributed by atoms with Gasteiger partial charge in [0.15, 0.2) is 0 Å². The number of hydrogen-bond donors (Lipinski definition) is 2. The largest absolute Gasteiger partial charge is 0.507 e. The second-order valence-electron chi connectivity index (χ2n) is 3.61. The van der Waals surface area contributed by atoms with Crippen LogP contribution in [0.5, 0.6) is 5.75 Å². The normalized spacial score (nSPS) is 12.2. The first-order chi connectivity index (χ1) is 7.47. The Morgan fingerprint density at radius 1 is 1.56 bits per heavy atom. The molecule has 1 aromatic rings. The molecule has 1 unspecified atom stereocenters. The molecule has 1 atom stereocenters. The molecule has 1 rings (SSSR count). The topological polar surface area (TPSA) is 60.8 Å². The summed E-state index contributed by atoms with van der Waals surface area (Å²) in [4.78, 5) is 13.3. The maximum absolute atomic E-state index is 11.9. The van der Waals surface area contributed by atoms with Crippen molar-refractivity contribution in [1.29, 1.82) is 0 Å². The molecule has 0 bridgehead atoms. The zero-order valence-corrected chi connectivity index (χ0v) is 10.7. The number of likely N-dealkylation sites (N-methyl/N-ethyl adjacent to an activating group) is 1. The summed E-state index contributed by atoms with van der Waals surface area (Å²) in [6.45, 7) is 1.62. The van der Waals surface area contributed by atoms with Gasteiger partial charge in [0.2, 0.25) is 0 Å². The number of carbonyl (C=O) groups is 1. The molecule has 0 aliphatic rings. The first-order valence-corrected chi connectivity index (χ1v) is 5.63. The van der Waals surface area contributed by atoms with Crippen LogP contribution in [-0.4, -0.2) is 40.7 Å². The summed E-state index contributed by atoms with van der Waals surface area (Å²) in [7, 11) is 1.59. The van der Waals surface area contributed by atoms with Gasteiger partial charge in [-0.05, 0) is 25.1 Å². The minimum atomic E-state index is -0.313. The predicted molar refractivity (Wildman–Crippen MR) is 64.4 cm³/mol. The van der Waals surface area contributed by atoms with Gasteiger partial charge in [0.1, 0.15) is 5.75 Å². The maximum Gasteiger partial charge on any atom is 0.257 e. The Morgan fingerprint density at radius 2 is 2.19 bits per heavy atom. The van der Waals surface area contributed by atoms with Crippen LogP contribution >= 0.6 is 15.9 Å². The van der Waals surface area contributed by atoms with E-state index >= 15 is 0 Å². The molecule has 5 heteroatoms. The van der Waals surface area contributed by atoms with E-state index in [9.17, 15) is 9.90 Å². The molecule has 88 valence electrons. The molecule has 0 heterocycles. The van der Waals surface area contributed by atoms with Crippen molar-refractivity contribution < 1.29 is 15.0 Å². The lowest BCUT2D eigenvalue weighted by atomic mass is 10.1. The zero-order valence-electron chi connectivity index (χ0n) is 9.14. The van der Waals surface area contributed by atoms with Gasteiger partial charge in [-0.2, -0.15) is 0 Å². The summed E-state index contributed by atoms with van der Waals surface area (Å²) < 4.78 is 0.708. The Labute approximate surface area is 103 Å². The average molecular weight is 288 g/mol. The van der Waals surface area contributed by atoms with Crippen LogP contribution in [0.1, 0.15) is 17.3 Å². The summed E-state index contributed by atoms with van der Waals surface area (Å²) in [5.74, 6) is -0.386. The van der Waals surface area contributed by atoms with Crippen molar-refractivity contribution in [1.82, 2.24) is 4.90 Å². The standard InChI is InChI=1S/C11H14BrNO3/c1-7(6-14)13(2)11(16)9-4-3-8(12)5-10(9)15/h3-5,7,14-15H,6H2,1-2H3. The van der Waals surface area contributed by atoms with Crippen LogP contribution in [0.25, 0.3) is 0 Å². The third-order valence-corrected chi connectivity index (χ3v) is 2.93. The van der Waals surface area contributed by atoms with E-state index in [1.807, 2.05) is 0 Å². The van der Waals surface area contributed by atoms with Crippen LogP contribution in [0.3, 0.4) is 0 Å². The second kappa shape index (κ2) is 5.32. The van der Waals surface area contributed by atoms with E-state index in [0.717, 1.165) is 0 Å². The lowest BCUT2D eigenvalue weighted by molar-refractivity contribution is 0.0679. The van der Waals surface area contributed by atoms with Crippen molar-refractivity contribution in [3.8, 4) is 5.75 Å². The molecular formula is C11H14BrNO3. The summed E-state index contributed by atoms with van der Waals surface area (Å²) in [6, 6.07) is 4.41. The van der Waals surface area contributed by atoms with Gasteiger partial charge in [-0.15, -0.1) is 0 Å². The molecule has 4 nitrogen and oxygen atoms in total. The van der Waals surface area contributed by atoms with Crippen molar-refractivity contribution >= 4 is 21.8 Å². The molecule has 0 saturated heterocycles. The number of amides is 1. The Kier molecular flexibility index (Phi) is 4.32. The molecular weight excluding hydrogens is 274 g/mol. The molecule has 0 radical (unpaired) electrons. The highest BCUT2D eigenvalue weighted by Gasteiger charge is 2.19. The van der Waals surface area contributed by atoms with Gasteiger partial charge in [0.05, 0.1) is 18.2 Å². The first kappa shape index (κ1) is 13.0. The number of aromatic hydroxyl groups is 1. The van der Waals surface area contributed by atoms with Crippen molar-refractivity contribution in [2.24, 2.45) is 0 Å². The van der Waals surface area contributed by atoms with Gasteiger partial charge in [-0.1, -0.05) is 15.9 Å². The molecule has 0 aliphatic carbocycles. The number of carbonyl (C=O) groups excluding carboxylic acids is 1. The highest BCUT2D eigenvalue weighted by atomic mass is 79.9. The fourth-order valence-corrected chi connectivity index (χ4v) is 1.55. The number of halogens is 1. The highest BCUT2D eigenvalue weighted by Crippen LogP contribution is 2.23. The Balaban J connectivity index is 2.96. The van der Waals surface area contributed by atoms with E-state index in [2.05, 4.69) is 15.9 Å². The number of aliphatic hydroxyl groups excluding tert-OH is 1. The minimum Gasteiger partial charge on any atom is -0.507 e. The van der Waals surface area contributed by atoms with Gasteiger partial charge in [0.25, 0.3) is 5.91 Å². The Bertz CT molecular complexity index is 395. The van der Waals surface area contributed by atoms with E-state index in [4.69, 9.17) is 5.11 Å². The Hall–Kier alpha value is -1.07. The summed E-state index contributed by atoms with van der Waals surface area (Å²) in [5, 5.41) is 18.6. The van der Waals surface area contributed by atoms with Crippen LogP contribution in [-0.2, 0) is 0 Å². The quantitative estimate of drug-likeness (QED) is 0.888. The summed E-state index contributed by atoms with van der Waals surface area (Å²) in [6.07, 6.45) is 0. The molecule has 1 amide bonds. The monoisotopic (exact) mass is 287 g/mol. The van der Waals surface area contributed by atoms with Crippen molar-refractivity contribution in [3.05, 3.63) is 28.2 Å². The van der Waals surface area contributed by atoms with Crippen LogP contribution in [0.4, 0.5) is 0 Å². The van der Waals surface area contributed by atoms with Crippen LogP contribution < -0.4 is 0 Å². The van der Waals surface area contributed by atoms with Crippen molar-refractivity contribution in [3.63, 3.8) is 0 Å². The van der Waals surface area contributed by atoms with Crippen molar-refractivity contribution in [2.45, 2.75) is 13.0 Å². The molecule has 16 heavy (non-hydrogen) atoms.